The highest BCUT2D eigenvalue weighted by Gasteiger charge is 2.29. The van der Waals surface area contributed by atoms with Crippen LogP contribution in [0.5, 0.6) is 0 Å². The maximum Gasteiger partial charge on any atom is 0.472 e. The Morgan fingerprint density at radius 3 is 0.730 bits per heavy atom. The van der Waals surface area contributed by atoms with Crippen LogP contribution in [0.1, 0.15) is 367 Å². The molecule has 0 heterocycles. The van der Waals surface area contributed by atoms with Crippen LogP contribution in [0.3, 0.4) is 0 Å². The first kappa shape index (κ1) is 110. The molecule has 0 saturated carbocycles. The van der Waals surface area contributed by atoms with E-state index in [4.69, 9.17) is 32.3 Å². The van der Waals surface area contributed by atoms with Crippen LogP contribution in [-0.4, -0.2) is 95.9 Å². The fraction of sp³-hybridized carbons (Fsp3) is 0.680. The summed E-state index contributed by atoms with van der Waals surface area (Å²) >= 11 is 0. The van der Waals surface area contributed by atoms with Gasteiger partial charge < -0.3 is 34.2 Å². The summed E-state index contributed by atoms with van der Waals surface area (Å²) < 4.78 is 61.4. The maximum absolute atomic E-state index is 13.0. The minimum Gasteiger partial charge on any atom is -0.463 e. The lowest BCUT2D eigenvalue weighted by molar-refractivity contribution is -0.161. The number of rotatable bonds is 85. The van der Waals surface area contributed by atoms with Gasteiger partial charge in [-0.25, -0.2) is 9.13 Å². The molecule has 0 amide bonds. The third-order valence-corrected chi connectivity index (χ3v) is 20.8. The number of allylic oxidation sites excluding steroid dienone is 28. The van der Waals surface area contributed by atoms with Crippen LogP contribution in [0.4, 0.5) is 0 Å². The molecule has 0 rings (SSSR count). The Morgan fingerprint density at radius 1 is 0.252 bits per heavy atom. The molecule has 0 aliphatic heterocycles. The summed E-state index contributed by atoms with van der Waals surface area (Å²) in [6, 6.07) is 0. The summed E-state index contributed by atoms with van der Waals surface area (Å²) in [5.41, 5.74) is 0. The molecule has 0 bridgehead atoms. The molecule has 18 heteroatoms. The molecule has 0 aromatic rings. The van der Waals surface area contributed by atoms with Crippen molar-refractivity contribution in [3.8, 4) is 0 Å². The smallest absolute Gasteiger partial charge is 0.463 e. The molecule has 0 aliphatic carbocycles. The predicted molar refractivity (Wildman–Crippen MR) is 482 cm³/mol. The van der Waals surface area contributed by atoms with Gasteiger partial charge in [0.2, 0.25) is 0 Å². The molecule has 0 saturated heterocycles. The fourth-order valence-electron chi connectivity index (χ4n) is 12.1. The highest BCUT2D eigenvalue weighted by molar-refractivity contribution is 7.47. The van der Waals surface area contributed by atoms with Gasteiger partial charge in [-0.3, -0.25) is 32.5 Å². The second-order valence-electron chi connectivity index (χ2n) is 30.0. The molecule has 0 fully saturated rings. The minimum absolute atomic E-state index is 0.0742. The van der Waals surface area contributed by atoms with E-state index < -0.39 is 91.5 Å². The first-order valence-corrected chi connectivity index (χ1v) is 48.4. The standard InChI is InChI=1S/C97H164O16P2/c1-4-7-10-13-16-19-22-25-28-31-34-37-39-40-41-42-43-44-45-46-47-48-49-50-52-55-56-59-62-65-68-71-74-77-80-83-95(100)107-86-92(98)87-109-114(103,104)110-88-93(99)89-111-115(105,106)112-91-94(113-97(102)85-82-79-76-73-70-67-64-61-58-53-36-33-30-27-24-21-18-15-12-9-6-3)90-108-96(101)84-81-78-75-72-69-66-63-60-57-54-51-38-35-32-29-26-23-20-17-14-11-8-5-2/h8-9,11-12,16-21,25-30,34-38,40-41,53-54,57,61,64,92-94,98-99H,4-7,10,13-15,22-24,31-33,39,42-52,55-56,58-60,62-63,65-91H2,1-3H3,(H,103,104)(H,105,106)/b11-8-,12-9-,19-16-,20-17-,21-18-,28-25-,29-26-,30-27-,37-34-,38-35-,41-40-,53-36-,57-54-,64-61-. The summed E-state index contributed by atoms with van der Waals surface area (Å²) in [6.45, 7) is 2.42. The molecular weight excluding hydrogens is 1480 g/mol. The van der Waals surface area contributed by atoms with Crippen molar-refractivity contribution in [1.82, 2.24) is 0 Å². The number of phosphoric ester groups is 2. The van der Waals surface area contributed by atoms with Crippen molar-refractivity contribution >= 4 is 33.6 Å². The lowest BCUT2D eigenvalue weighted by Crippen LogP contribution is -2.30. The molecule has 115 heavy (non-hydrogen) atoms. The van der Waals surface area contributed by atoms with Gasteiger partial charge in [0, 0.05) is 19.3 Å². The Kier molecular flexibility index (Phi) is 84.3. The van der Waals surface area contributed by atoms with E-state index >= 15 is 0 Å². The minimum atomic E-state index is -4.95. The second-order valence-corrected chi connectivity index (χ2v) is 32.9. The fourth-order valence-corrected chi connectivity index (χ4v) is 13.7. The van der Waals surface area contributed by atoms with Crippen LogP contribution in [0.25, 0.3) is 0 Å². The zero-order valence-corrected chi connectivity index (χ0v) is 74.2. The first-order valence-electron chi connectivity index (χ1n) is 45.4. The number of carbonyl (C=O) groups excluding carboxylic acids is 3. The molecule has 16 nitrogen and oxygen atoms in total. The molecule has 658 valence electrons. The van der Waals surface area contributed by atoms with E-state index in [2.05, 4.69) is 191 Å². The van der Waals surface area contributed by atoms with Gasteiger partial charge in [-0.15, -0.1) is 0 Å². The monoisotopic (exact) mass is 1650 g/mol. The number of hydrogen-bond donors (Lipinski definition) is 4. The molecule has 5 atom stereocenters. The number of ether oxygens (including phenoxy) is 3. The Labute approximate surface area is 701 Å². The molecule has 0 spiro atoms. The highest BCUT2D eigenvalue weighted by atomic mass is 31.2. The molecule has 5 unspecified atom stereocenters. The Balaban J connectivity index is 4.54. The van der Waals surface area contributed by atoms with Crippen LogP contribution >= 0.6 is 15.6 Å². The van der Waals surface area contributed by atoms with Gasteiger partial charge in [0.05, 0.1) is 26.4 Å². The zero-order chi connectivity index (χ0) is 83.6. The summed E-state index contributed by atoms with van der Waals surface area (Å²) in [5.74, 6) is -1.61. The lowest BCUT2D eigenvalue weighted by atomic mass is 10.0. The number of carbonyl (C=O) groups is 3. The van der Waals surface area contributed by atoms with E-state index in [0.29, 0.717) is 19.3 Å². The summed E-state index contributed by atoms with van der Waals surface area (Å²) in [6.07, 6.45) is 114. The van der Waals surface area contributed by atoms with Crippen molar-refractivity contribution in [3.63, 3.8) is 0 Å². The van der Waals surface area contributed by atoms with E-state index in [1.807, 2.05) is 0 Å². The van der Waals surface area contributed by atoms with Gasteiger partial charge in [0.15, 0.2) is 6.10 Å². The predicted octanol–water partition coefficient (Wildman–Crippen LogP) is 27.9. The van der Waals surface area contributed by atoms with Crippen molar-refractivity contribution in [2.75, 3.05) is 39.6 Å². The van der Waals surface area contributed by atoms with E-state index in [-0.39, 0.29) is 19.3 Å². The van der Waals surface area contributed by atoms with Gasteiger partial charge in [0.25, 0.3) is 0 Å². The normalized spacial score (nSPS) is 14.6. The average Bonchev–Trinajstić information content (AvgIpc) is 0.903. The highest BCUT2D eigenvalue weighted by Crippen LogP contribution is 2.45. The number of aliphatic hydroxyl groups is 2. The van der Waals surface area contributed by atoms with Gasteiger partial charge in [-0.1, -0.05) is 364 Å². The van der Waals surface area contributed by atoms with E-state index in [1.165, 1.54) is 128 Å². The number of aliphatic hydroxyl groups excluding tert-OH is 2. The van der Waals surface area contributed by atoms with Crippen molar-refractivity contribution in [1.29, 1.82) is 0 Å². The first-order chi connectivity index (χ1) is 56.2. The van der Waals surface area contributed by atoms with Crippen LogP contribution in [0.15, 0.2) is 170 Å². The Hall–Kier alpha value is -5.09. The van der Waals surface area contributed by atoms with Gasteiger partial charge in [0.1, 0.15) is 25.4 Å². The molecular formula is C97H164O16P2. The molecule has 4 N–H and O–H groups in total. The molecule has 0 aliphatic rings. The van der Waals surface area contributed by atoms with Crippen molar-refractivity contribution in [3.05, 3.63) is 170 Å². The Bertz CT molecular complexity index is 2770. The van der Waals surface area contributed by atoms with Gasteiger partial charge >= 0.3 is 33.6 Å². The molecule has 0 radical (unpaired) electrons. The van der Waals surface area contributed by atoms with E-state index in [0.717, 1.165) is 180 Å². The van der Waals surface area contributed by atoms with Crippen LogP contribution in [-0.2, 0) is 55.8 Å². The van der Waals surface area contributed by atoms with E-state index in [9.17, 15) is 43.5 Å². The number of unbranched alkanes of at least 4 members (excludes halogenated alkanes) is 34. The van der Waals surface area contributed by atoms with Crippen LogP contribution < -0.4 is 0 Å². The van der Waals surface area contributed by atoms with Gasteiger partial charge in [-0.05, 0) is 154 Å². The third-order valence-electron chi connectivity index (χ3n) is 18.9. The van der Waals surface area contributed by atoms with Crippen molar-refractivity contribution in [2.24, 2.45) is 0 Å². The van der Waals surface area contributed by atoms with Crippen molar-refractivity contribution < 1.29 is 75.8 Å². The maximum atomic E-state index is 13.0. The molecule has 0 aromatic carbocycles. The second kappa shape index (κ2) is 88.2. The lowest BCUT2D eigenvalue weighted by Gasteiger charge is -2.21. The summed E-state index contributed by atoms with van der Waals surface area (Å²) in [5, 5.41) is 20.7. The SMILES string of the molecule is CC/C=C\C/C=C\C/C=C\C/C=C\C/C=C\CCCCCCCCCC(=O)OCC(COP(=O)(O)OCC(O)COP(=O)(O)OCC(O)COC(=O)CCCCCCCCCCCCCCCCCCCCC/C=C\C/C=C\C/C=C\C/C=C\CCCCC)OC(=O)CCCCCCC/C=C\C/C=C\C/C=C\C/C=C\C/C=C\CC. The zero-order valence-electron chi connectivity index (χ0n) is 72.4. The van der Waals surface area contributed by atoms with E-state index in [1.54, 1.807) is 0 Å². The largest absolute Gasteiger partial charge is 0.472 e. The number of esters is 3. The Morgan fingerprint density at radius 2 is 0.461 bits per heavy atom. The van der Waals surface area contributed by atoms with Gasteiger partial charge in [-0.2, -0.15) is 0 Å². The topological polar surface area (TPSA) is 231 Å². The molecule has 0 aromatic heterocycles. The number of hydrogen-bond acceptors (Lipinski definition) is 14. The van der Waals surface area contributed by atoms with Crippen LogP contribution in [0.2, 0.25) is 0 Å². The van der Waals surface area contributed by atoms with Crippen LogP contribution in [0, 0.1) is 0 Å². The van der Waals surface area contributed by atoms with Crippen molar-refractivity contribution in [2.45, 2.75) is 386 Å². The quantitative estimate of drug-likeness (QED) is 0.0146. The summed E-state index contributed by atoms with van der Waals surface area (Å²) in [4.78, 5) is 58.9. The summed E-state index contributed by atoms with van der Waals surface area (Å²) in [7, 11) is -9.82. The third kappa shape index (κ3) is 89.5. The number of phosphoric acid groups is 2. The average molecular weight is 1650 g/mol.